The van der Waals surface area contributed by atoms with Crippen LogP contribution in [0.3, 0.4) is 0 Å². The molecule has 7 N–H and O–H groups in total. The predicted molar refractivity (Wildman–Crippen MR) is 252 cm³/mol. The first-order chi connectivity index (χ1) is 32.0. The molecule has 0 spiro atoms. The molecule has 11 atom stereocenters. The maximum Gasteiger partial charge on any atom is 0.330 e. The van der Waals surface area contributed by atoms with Gasteiger partial charge in [0.1, 0.15) is 55.4 Å². The molecular formula is C51H88O15. The minimum atomic E-state index is -1.78. The summed E-state index contributed by atoms with van der Waals surface area (Å²) < 4.78 is 33.3. The Bertz CT molecular complexity index is 1340. The fraction of sp³-hybridized carbons (Fsp3) is 0.804. The SMILES string of the molecule is CCCCCCCC/C=C/C/C=C/CCCCC(=O)O[C@H](COC(=O)/C=C/C=C/CCCCCCCCCCCCC)CO[C@@H]1O[C@H](CO[C@@H]2O[C@H](CO)[C@H](O)C(O)C2O)[C@H](O)C(O)C1O. The monoisotopic (exact) mass is 941 g/mol. The number of unbranched alkanes of at least 4 members (excludes halogenated alkanes) is 19. The van der Waals surface area contributed by atoms with Gasteiger partial charge in [0.15, 0.2) is 18.7 Å². The Balaban J connectivity index is 1.87. The summed E-state index contributed by atoms with van der Waals surface area (Å²) in [7, 11) is 0. The van der Waals surface area contributed by atoms with Crippen molar-refractivity contribution < 1.29 is 73.8 Å². The molecule has 0 radical (unpaired) electrons. The smallest absolute Gasteiger partial charge is 0.330 e. The maximum absolute atomic E-state index is 13.0. The molecule has 2 rings (SSSR count). The number of carbonyl (C=O) groups excluding carboxylic acids is 2. The third-order valence-corrected chi connectivity index (χ3v) is 11.9. The summed E-state index contributed by atoms with van der Waals surface area (Å²) in [5.74, 6) is -1.22. The van der Waals surface area contributed by atoms with Crippen LogP contribution in [-0.4, -0.2) is 142 Å². The summed E-state index contributed by atoms with van der Waals surface area (Å²) in [5.41, 5.74) is 0. The van der Waals surface area contributed by atoms with Gasteiger partial charge in [-0.3, -0.25) is 4.79 Å². The van der Waals surface area contributed by atoms with E-state index in [0.29, 0.717) is 6.42 Å². The summed E-state index contributed by atoms with van der Waals surface area (Å²) in [4.78, 5) is 25.6. The van der Waals surface area contributed by atoms with Gasteiger partial charge < -0.3 is 64.2 Å². The van der Waals surface area contributed by atoms with Crippen molar-refractivity contribution >= 4 is 11.9 Å². The molecule has 2 heterocycles. The zero-order valence-electron chi connectivity index (χ0n) is 40.2. The summed E-state index contributed by atoms with van der Waals surface area (Å²) in [6, 6.07) is 0. The Morgan fingerprint density at radius 2 is 1.02 bits per heavy atom. The van der Waals surface area contributed by atoms with Gasteiger partial charge in [0.25, 0.3) is 0 Å². The number of aliphatic hydroxyl groups is 7. The van der Waals surface area contributed by atoms with Crippen molar-refractivity contribution in [3.8, 4) is 0 Å². The van der Waals surface area contributed by atoms with Gasteiger partial charge in [-0.2, -0.15) is 0 Å². The first-order valence-electron chi connectivity index (χ1n) is 25.3. The van der Waals surface area contributed by atoms with Crippen molar-refractivity contribution in [1.29, 1.82) is 0 Å². The Morgan fingerprint density at radius 1 is 0.530 bits per heavy atom. The van der Waals surface area contributed by atoms with Crippen LogP contribution < -0.4 is 0 Å². The van der Waals surface area contributed by atoms with E-state index in [-0.39, 0.29) is 13.0 Å². The molecule has 66 heavy (non-hydrogen) atoms. The highest BCUT2D eigenvalue weighted by Gasteiger charge is 2.47. The standard InChI is InChI=1S/C51H88O15/c1-3-5-7-9-11-13-15-17-19-21-23-25-27-29-31-33-42(53)61-36-39(64-43(54)34-32-30-28-26-24-22-20-18-16-14-12-10-8-6-4-2)37-62-50-49(60)47(58)45(56)41(66-50)38-63-51-48(59)46(57)44(55)40(35-52)65-51/h18,20,24,26-27,29,31,33,39-41,44-52,55-60H,3-17,19,21-23,25,28,30,32,34-38H2,1-2H3/b20-18+,26-24+,29-27+,33-31+/t39-,40-,41-,44+,45+,46?,47?,48?,49?,50-,51-/m1/s1. The van der Waals surface area contributed by atoms with Crippen LogP contribution in [-0.2, 0) is 38.0 Å². The number of allylic oxidation sites excluding steroid dienone is 7. The highest BCUT2D eigenvalue weighted by Crippen LogP contribution is 2.26. The third-order valence-electron chi connectivity index (χ3n) is 11.9. The van der Waals surface area contributed by atoms with Crippen molar-refractivity contribution in [3.05, 3.63) is 48.6 Å². The van der Waals surface area contributed by atoms with Crippen LogP contribution in [0.25, 0.3) is 0 Å². The molecular weight excluding hydrogens is 853 g/mol. The second-order valence-corrected chi connectivity index (χ2v) is 17.7. The van der Waals surface area contributed by atoms with Crippen molar-refractivity contribution in [1.82, 2.24) is 0 Å². The van der Waals surface area contributed by atoms with Gasteiger partial charge >= 0.3 is 11.9 Å². The number of rotatable bonds is 38. The van der Waals surface area contributed by atoms with Crippen LogP contribution in [0.15, 0.2) is 48.6 Å². The van der Waals surface area contributed by atoms with Gasteiger partial charge in [-0.15, -0.1) is 0 Å². The lowest BCUT2D eigenvalue weighted by atomic mass is 9.98. The highest BCUT2D eigenvalue weighted by molar-refractivity contribution is 5.82. The van der Waals surface area contributed by atoms with E-state index < -0.39 is 99.3 Å². The Labute approximate surface area is 395 Å². The van der Waals surface area contributed by atoms with Crippen molar-refractivity contribution in [2.75, 3.05) is 26.4 Å². The van der Waals surface area contributed by atoms with E-state index in [0.717, 1.165) is 38.5 Å². The molecule has 15 nitrogen and oxygen atoms in total. The molecule has 2 aliphatic heterocycles. The van der Waals surface area contributed by atoms with Gasteiger partial charge in [0.2, 0.25) is 0 Å². The van der Waals surface area contributed by atoms with E-state index in [1.165, 1.54) is 109 Å². The number of hydrogen-bond acceptors (Lipinski definition) is 15. The Hall–Kier alpha value is -2.54. The van der Waals surface area contributed by atoms with Crippen LogP contribution in [0.1, 0.15) is 168 Å². The van der Waals surface area contributed by atoms with Gasteiger partial charge in [0, 0.05) is 12.5 Å². The van der Waals surface area contributed by atoms with Crippen LogP contribution in [0.5, 0.6) is 0 Å². The first kappa shape index (κ1) is 59.6. The molecule has 15 heteroatoms. The number of carbonyl (C=O) groups is 2. The minimum absolute atomic E-state index is 0.102. The molecule has 0 amide bonds. The van der Waals surface area contributed by atoms with Crippen LogP contribution >= 0.6 is 0 Å². The molecule has 0 bridgehead atoms. The third kappa shape index (κ3) is 26.3. The van der Waals surface area contributed by atoms with Crippen molar-refractivity contribution in [3.63, 3.8) is 0 Å². The normalized spacial score (nSPS) is 26.6. The van der Waals surface area contributed by atoms with Crippen LogP contribution in [0.2, 0.25) is 0 Å². The van der Waals surface area contributed by atoms with Gasteiger partial charge in [-0.1, -0.05) is 153 Å². The van der Waals surface area contributed by atoms with E-state index in [1.54, 1.807) is 12.2 Å². The average Bonchev–Trinajstić information content (AvgIpc) is 3.31. The zero-order chi connectivity index (χ0) is 48.2. The molecule has 382 valence electrons. The number of ether oxygens (including phenoxy) is 6. The van der Waals surface area contributed by atoms with Crippen molar-refractivity contribution in [2.24, 2.45) is 0 Å². The van der Waals surface area contributed by atoms with Gasteiger partial charge in [-0.05, 0) is 51.4 Å². The molecule has 0 aromatic carbocycles. The van der Waals surface area contributed by atoms with Crippen molar-refractivity contribution in [2.45, 2.75) is 235 Å². The Kier molecular flexibility index (Phi) is 34.6. The molecule has 0 aromatic heterocycles. The number of esters is 2. The maximum atomic E-state index is 13.0. The van der Waals surface area contributed by atoms with Gasteiger partial charge in [-0.25, -0.2) is 4.79 Å². The van der Waals surface area contributed by atoms with Gasteiger partial charge in [0.05, 0.1) is 19.8 Å². The molecule has 4 unspecified atom stereocenters. The molecule has 0 aliphatic carbocycles. The largest absolute Gasteiger partial charge is 0.458 e. The fourth-order valence-corrected chi connectivity index (χ4v) is 7.69. The zero-order valence-corrected chi connectivity index (χ0v) is 40.2. The lowest BCUT2D eigenvalue weighted by Crippen LogP contribution is -2.61. The van der Waals surface area contributed by atoms with Crippen LogP contribution in [0, 0.1) is 0 Å². The molecule has 2 fully saturated rings. The van der Waals surface area contributed by atoms with E-state index in [1.807, 2.05) is 6.08 Å². The van der Waals surface area contributed by atoms with E-state index in [4.69, 9.17) is 28.4 Å². The van der Waals surface area contributed by atoms with E-state index in [2.05, 4.69) is 38.2 Å². The predicted octanol–water partition coefficient (Wildman–Crippen LogP) is 6.71. The second-order valence-electron chi connectivity index (χ2n) is 17.7. The molecule has 0 saturated carbocycles. The minimum Gasteiger partial charge on any atom is -0.458 e. The lowest BCUT2D eigenvalue weighted by molar-refractivity contribution is -0.332. The summed E-state index contributed by atoms with van der Waals surface area (Å²) in [6.07, 6.45) is 24.9. The quantitative estimate of drug-likeness (QED) is 0.0112. The fourth-order valence-electron chi connectivity index (χ4n) is 7.69. The topological polar surface area (TPSA) is 231 Å². The highest BCUT2D eigenvalue weighted by atomic mass is 16.7. The van der Waals surface area contributed by atoms with E-state index in [9.17, 15) is 45.3 Å². The summed E-state index contributed by atoms with van der Waals surface area (Å²) >= 11 is 0. The number of hydrogen-bond donors (Lipinski definition) is 7. The average molecular weight is 941 g/mol. The summed E-state index contributed by atoms with van der Waals surface area (Å²) in [6.45, 7) is 2.42. The molecule has 0 aromatic rings. The second kappa shape index (κ2) is 38.3. The molecule has 2 aliphatic rings. The summed E-state index contributed by atoms with van der Waals surface area (Å²) in [5, 5.41) is 72.0. The lowest BCUT2D eigenvalue weighted by Gasteiger charge is -2.42. The Morgan fingerprint density at radius 3 is 1.58 bits per heavy atom. The van der Waals surface area contributed by atoms with Crippen LogP contribution in [0.4, 0.5) is 0 Å². The number of aliphatic hydroxyl groups excluding tert-OH is 7. The van der Waals surface area contributed by atoms with E-state index >= 15 is 0 Å². The molecule has 2 saturated heterocycles. The first-order valence-corrected chi connectivity index (χ1v) is 25.3.